The molecule has 0 aliphatic carbocycles. The molecule has 5 heteroatoms. The smallest absolute Gasteiger partial charge is 0.138 e. The van der Waals surface area contributed by atoms with E-state index in [1.165, 1.54) is 0 Å². The van der Waals surface area contributed by atoms with Gasteiger partial charge in [0.15, 0.2) is 0 Å². The lowest BCUT2D eigenvalue weighted by Crippen LogP contribution is -2.28. The Labute approximate surface area is 126 Å². The summed E-state index contributed by atoms with van der Waals surface area (Å²) < 4.78 is 11.9. The van der Waals surface area contributed by atoms with Gasteiger partial charge >= 0.3 is 0 Å². The van der Waals surface area contributed by atoms with Gasteiger partial charge in [-0.25, -0.2) is 0 Å². The monoisotopic (exact) mass is 343 g/mol. The average molecular weight is 345 g/mol. The third kappa shape index (κ3) is 4.56. The van der Waals surface area contributed by atoms with Crippen LogP contribution < -0.4 is 10.1 Å². The van der Waals surface area contributed by atoms with Gasteiger partial charge in [-0.1, -0.05) is 27.5 Å². The van der Waals surface area contributed by atoms with Crippen LogP contribution in [0.15, 0.2) is 45.5 Å². The number of hydrogen-bond donors (Lipinski definition) is 1. The normalized spacial score (nSPS) is 12.4. The average Bonchev–Trinajstić information content (AvgIpc) is 2.86. The summed E-state index contributed by atoms with van der Waals surface area (Å²) in [5.74, 6) is 1.60. The van der Waals surface area contributed by atoms with E-state index in [1.807, 2.05) is 37.3 Å². The molecule has 1 heterocycles. The van der Waals surface area contributed by atoms with E-state index in [2.05, 4.69) is 21.2 Å². The summed E-state index contributed by atoms with van der Waals surface area (Å²) in [4.78, 5) is 0. The lowest BCUT2D eigenvalue weighted by atomic mass is 10.3. The molecule has 0 aliphatic heterocycles. The molecule has 3 nitrogen and oxygen atoms in total. The molecular formula is C14H15BrClNO2. The highest BCUT2D eigenvalue weighted by Crippen LogP contribution is 2.28. The van der Waals surface area contributed by atoms with Crippen LogP contribution in [0.4, 0.5) is 0 Å². The summed E-state index contributed by atoms with van der Waals surface area (Å²) in [5.41, 5.74) is 0. The minimum atomic E-state index is 0.0219. The van der Waals surface area contributed by atoms with E-state index in [9.17, 15) is 0 Å². The molecule has 1 aromatic heterocycles. The minimum absolute atomic E-state index is 0.0219. The van der Waals surface area contributed by atoms with E-state index in [0.717, 1.165) is 10.2 Å². The Morgan fingerprint density at radius 1 is 1.42 bits per heavy atom. The van der Waals surface area contributed by atoms with Crippen molar-refractivity contribution in [1.29, 1.82) is 0 Å². The molecular weight excluding hydrogens is 330 g/mol. The molecule has 0 fully saturated rings. The number of ether oxygens (including phenoxy) is 1. The second-order valence-electron chi connectivity index (χ2n) is 4.21. The van der Waals surface area contributed by atoms with E-state index in [4.69, 9.17) is 20.8 Å². The van der Waals surface area contributed by atoms with Gasteiger partial charge in [0, 0.05) is 11.0 Å². The molecule has 19 heavy (non-hydrogen) atoms. The molecule has 1 N–H and O–H groups in total. The van der Waals surface area contributed by atoms with Crippen molar-refractivity contribution in [3.05, 3.63) is 51.9 Å². The number of hydrogen-bond acceptors (Lipinski definition) is 3. The maximum atomic E-state index is 6.10. The molecule has 2 rings (SSSR count). The first-order valence-electron chi connectivity index (χ1n) is 6.00. The number of benzene rings is 1. The maximum absolute atomic E-state index is 6.10. The van der Waals surface area contributed by atoms with Crippen molar-refractivity contribution in [3.63, 3.8) is 0 Å². The van der Waals surface area contributed by atoms with Crippen LogP contribution in [0.3, 0.4) is 0 Å². The fourth-order valence-corrected chi connectivity index (χ4v) is 2.36. The predicted molar refractivity (Wildman–Crippen MR) is 79.7 cm³/mol. The number of halogens is 2. The van der Waals surface area contributed by atoms with Gasteiger partial charge in [-0.2, -0.15) is 0 Å². The van der Waals surface area contributed by atoms with Crippen LogP contribution in [-0.2, 0) is 6.54 Å². The first kappa shape index (κ1) is 14.4. The Morgan fingerprint density at radius 3 is 2.95 bits per heavy atom. The largest absolute Gasteiger partial charge is 0.488 e. The second kappa shape index (κ2) is 6.98. The summed E-state index contributed by atoms with van der Waals surface area (Å²) in [6, 6.07) is 9.39. The Hall–Kier alpha value is -0.970. The van der Waals surface area contributed by atoms with Gasteiger partial charge < -0.3 is 14.5 Å². The molecule has 0 bridgehead atoms. The van der Waals surface area contributed by atoms with Gasteiger partial charge in [-0.15, -0.1) is 0 Å². The first-order chi connectivity index (χ1) is 9.15. The fraction of sp³-hybridized carbons (Fsp3) is 0.286. The number of rotatable bonds is 6. The van der Waals surface area contributed by atoms with Crippen LogP contribution in [0.1, 0.15) is 12.7 Å². The number of nitrogens with one attached hydrogen (secondary N) is 1. The molecule has 0 radical (unpaired) electrons. The number of furan rings is 1. The van der Waals surface area contributed by atoms with Crippen molar-refractivity contribution in [2.45, 2.75) is 19.6 Å². The zero-order valence-electron chi connectivity index (χ0n) is 10.5. The van der Waals surface area contributed by atoms with Gasteiger partial charge in [0.05, 0.1) is 17.8 Å². The molecule has 1 atom stereocenters. The maximum Gasteiger partial charge on any atom is 0.138 e. The van der Waals surface area contributed by atoms with Crippen LogP contribution in [0.2, 0.25) is 5.02 Å². The second-order valence-corrected chi connectivity index (χ2v) is 5.54. The topological polar surface area (TPSA) is 34.4 Å². The minimum Gasteiger partial charge on any atom is -0.488 e. The lowest BCUT2D eigenvalue weighted by molar-refractivity contribution is 0.215. The van der Waals surface area contributed by atoms with Crippen molar-refractivity contribution in [1.82, 2.24) is 5.32 Å². The predicted octanol–water partition coefficient (Wildman–Crippen LogP) is 4.25. The van der Waals surface area contributed by atoms with Gasteiger partial charge in [0.2, 0.25) is 0 Å². The Kier molecular flexibility index (Phi) is 5.31. The molecule has 0 saturated heterocycles. The van der Waals surface area contributed by atoms with Crippen LogP contribution >= 0.6 is 27.5 Å². The Bertz CT molecular complexity index is 516. The summed E-state index contributed by atoms with van der Waals surface area (Å²) in [7, 11) is 0. The Morgan fingerprint density at radius 2 is 2.26 bits per heavy atom. The third-order valence-corrected chi connectivity index (χ3v) is 3.32. The third-order valence-electron chi connectivity index (χ3n) is 2.53. The van der Waals surface area contributed by atoms with E-state index in [1.54, 1.807) is 6.26 Å². The van der Waals surface area contributed by atoms with Crippen molar-refractivity contribution >= 4 is 27.5 Å². The van der Waals surface area contributed by atoms with E-state index in [0.29, 0.717) is 23.9 Å². The SMILES string of the molecule is CC(CNCc1ccco1)Oc1ccc(Br)cc1Cl. The highest BCUT2D eigenvalue weighted by molar-refractivity contribution is 9.10. The van der Waals surface area contributed by atoms with E-state index < -0.39 is 0 Å². The highest BCUT2D eigenvalue weighted by atomic mass is 79.9. The summed E-state index contributed by atoms with van der Waals surface area (Å²) in [6.45, 7) is 3.40. The van der Waals surface area contributed by atoms with Gasteiger partial charge in [-0.3, -0.25) is 0 Å². The molecule has 0 amide bonds. The van der Waals surface area contributed by atoms with Crippen LogP contribution in [-0.4, -0.2) is 12.6 Å². The van der Waals surface area contributed by atoms with E-state index >= 15 is 0 Å². The van der Waals surface area contributed by atoms with Crippen LogP contribution in [0.5, 0.6) is 5.75 Å². The van der Waals surface area contributed by atoms with Crippen molar-refractivity contribution < 1.29 is 9.15 Å². The van der Waals surface area contributed by atoms with Crippen molar-refractivity contribution in [2.24, 2.45) is 0 Å². The zero-order valence-corrected chi connectivity index (χ0v) is 12.9. The molecule has 102 valence electrons. The molecule has 0 saturated carbocycles. The first-order valence-corrected chi connectivity index (χ1v) is 7.17. The quantitative estimate of drug-likeness (QED) is 0.850. The zero-order chi connectivity index (χ0) is 13.7. The van der Waals surface area contributed by atoms with Gasteiger partial charge in [-0.05, 0) is 37.3 Å². The summed E-state index contributed by atoms with van der Waals surface area (Å²) in [6.07, 6.45) is 1.69. The molecule has 1 aromatic carbocycles. The standard InChI is InChI=1S/C14H15BrClNO2/c1-10(8-17-9-12-3-2-6-18-12)19-14-5-4-11(15)7-13(14)16/h2-7,10,17H,8-9H2,1H3. The van der Waals surface area contributed by atoms with Crippen LogP contribution in [0.25, 0.3) is 0 Å². The summed E-state index contributed by atoms with van der Waals surface area (Å²) in [5, 5.41) is 3.87. The molecule has 0 aliphatic rings. The van der Waals surface area contributed by atoms with Gasteiger partial charge in [0.25, 0.3) is 0 Å². The molecule has 1 unspecified atom stereocenters. The summed E-state index contributed by atoms with van der Waals surface area (Å²) >= 11 is 9.46. The highest BCUT2D eigenvalue weighted by Gasteiger charge is 2.08. The van der Waals surface area contributed by atoms with Crippen molar-refractivity contribution in [3.8, 4) is 5.75 Å². The van der Waals surface area contributed by atoms with Crippen molar-refractivity contribution in [2.75, 3.05) is 6.54 Å². The van der Waals surface area contributed by atoms with Gasteiger partial charge in [0.1, 0.15) is 17.6 Å². The molecule has 0 spiro atoms. The Balaban J connectivity index is 1.79. The lowest BCUT2D eigenvalue weighted by Gasteiger charge is -2.16. The fourth-order valence-electron chi connectivity index (χ4n) is 1.64. The molecule has 2 aromatic rings. The van der Waals surface area contributed by atoms with E-state index in [-0.39, 0.29) is 6.10 Å². The van der Waals surface area contributed by atoms with Crippen LogP contribution in [0, 0.1) is 0 Å².